The van der Waals surface area contributed by atoms with Crippen LogP contribution in [-0.2, 0) is 6.42 Å². The predicted octanol–water partition coefficient (Wildman–Crippen LogP) is 1.02. The molecule has 0 radical (unpaired) electrons. The van der Waals surface area contributed by atoms with Crippen molar-refractivity contribution in [1.29, 1.82) is 0 Å². The Hall–Kier alpha value is -1.36. The van der Waals surface area contributed by atoms with Crippen LogP contribution in [0.4, 0.5) is 5.82 Å². The molecule has 1 aromatic heterocycles. The predicted molar refractivity (Wildman–Crippen MR) is 65.0 cm³/mol. The zero-order valence-corrected chi connectivity index (χ0v) is 10.4. The van der Waals surface area contributed by atoms with Gasteiger partial charge in [-0.1, -0.05) is 6.92 Å². The van der Waals surface area contributed by atoms with E-state index in [0.717, 1.165) is 24.3 Å². The largest absolute Gasteiger partial charge is 0.476 e. The van der Waals surface area contributed by atoms with Crippen LogP contribution in [0.2, 0.25) is 0 Å². The van der Waals surface area contributed by atoms with E-state index in [4.69, 9.17) is 4.74 Å². The molecule has 0 aliphatic heterocycles. The Balaban J connectivity index is 2.71. The van der Waals surface area contributed by atoms with Crippen molar-refractivity contribution in [2.24, 2.45) is 0 Å². The Morgan fingerprint density at radius 2 is 2.12 bits per heavy atom. The standard InChI is InChI=1S/C11H20N4O/c1-5-9-10(12-2)13-8-14-11(9)16-7-6-15(3)4/h8H,5-7H2,1-4H3,(H,12,13,14). The van der Waals surface area contributed by atoms with Crippen LogP contribution in [0.5, 0.6) is 5.88 Å². The van der Waals surface area contributed by atoms with Crippen LogP contribution in [-0.4, -0.2) is 49.2 Å². The highest BCUT2D eigenvalue weighted by molar-refractivity contribution is 5.48. The van der Waals surface area contributed by atoms with Crippen molar-refractivity contribution in [1.82, 2.24) is 14.9 Å². The van der Waals surface area contributed by atoms with Crippen LogP contribution in [0.3, 0.4) is 0 Å². The molecule has 0 amide bonds. The molecule has 1 aromatic rings. The molecule has 5 heteroatoms. The third-order valence-corrected chi connectivity index (χ3v) is 2.27. The highest BCUT2D eigenvalue weighted by atomic mass is 16.5. The highest BCUT2D eigenvalue weighted by Gasteiger charge is 2.09. The molecular formula is C11H20N4O. The maximum absolute atomic E-state index is 5.65. The van der Waals surface area contributed by atoms with Gasteiger partial charge >= 0.3 is 0 Å². The van der Waals surface area contributed by atoms with Gasteiger partial charge in [0.05, 0.1) is 5.56 Å². The summed E-state index contributed by atoms with van der Waals surface area (Å²) in [6, 6.07) is 0. The molecule has 0 aliphatic carbocycles. The SMILES string of the molecule is CCc1c(NC)ncnc1OCCN(C)C. The fraction of sp³-hybridized carbons (Fsp3) is 0.636. The number of ether oxygens (including phenoxy) is 1. The van der Waals surface area contributed by atoms with Gasteiger partial charge in [-0.3, -0.25) is 0 Å². The van der Waals surface area contributed by atoms with Gasteiger partial charge in [0.25, 0.3) is 0 Å². The van der Waals surface area contributed by atoms with Crippen LogP contribution < -0.4 is 10.1 Å². The number of likely N-dealkylation sites (N-methyl/N-ethyl adjacent to an activating group) is 1. The van der Waals surface area contributed by atoms with Crippen molar-refractivity contribution in [3.8, 4) is 5.88 Å². The molecule has 0 saturated carbocycles. The first-order chi connectivity index (χ1) is 7.69. The summed E-state index contributed by atoms with van der Waals surface area (Å²) in [7, 11) is 5.89. The minimum atomic E-state index is 0.639. The van der Waals surface area contributed by atoms with Gasteiger partial charge in [-0.2, -0.15) is 0 Å². The summed E-state index contributed by atoms with van der Waals surface area (Å²) in [6.07, 6.45) is 2.38. The van der Waals surface area contributed by atoms with Crippen LogP contribution in [0.15, 0.2) is 6.33 Å². The Morgan fingerprint density at radius 1 is 1.38 bits per heavy atom. The first-order valence-electron chi connectivity index (χ1n) is 5.48. The van der Waals surface area contributed by atoms with Gasteiger partial charge in [-0.15, -0.1) is 0 Å². The molecule has 0 atom stereocenters. The van der Waals surface area contributed by atoms with Gasteiger partial charge < -0.3 is 15.0 Å². The fourth-order valence-electron chi connectivity index (χ4n) is 1.38. The van der Waals surface area contributed by atoms with Gasteiger partial charge in [0.1, 0.15) is 18.8 Å². The van der Waals surface area contributed by atoms with E-state index < -0.39 is 0 Å². The molecule has 1 N–H and O–H groups in total. The molecule has 5 nitrogen and oxygen atoms in total. The normalized spacial score (nSPS) is 10.6. The number of rotatable bonds is 6. The van der Waals surface area contributed by atoms with Gasteiger partial charge in [-0.05, 0) is 20.5 Å². The molecule has 0 aromatic carbocycles. The molecule has 0 saturated heterocycles. The lowest BCUT2D eigenvalue weighted by Gasteiger charge is -2.14. The minimum Gasteiger partial charge on any atom is -0.476 e. The lowest BCUT2D eigenvalue weighted by molar-refractivity contribution is 0.251. The number of nitrogens with zero attached hydrogens (tertiary/aromatic N) is 3. The number of aromatic nitrogens is 2. The maximum atomic E-state index is 5.65. The molecule has 0 spiro atoms. The summed E-state index contributed by atoms with van der Waals surface area (Å²) < 4.78 is 5.65. The highest BCUT2D eigenvalue weighted by Crippen LogP contribution is 2.21. The summed E-state index contributed by atoms with van der Waals surface area (Å²) in [4.78, 5) is 10.4. The van der Waals surface area contributed by atoms with Crippen LogP contribution in [0.25, 0.3) is 0 Å². The van der Waals surface area contributed by atoms with Crippen molar-refractivity contribution in [3.63, 3.8) is 0 Å². The number of anilines is 1. The third kappa shape index (κ3) is 3.34. The topological polar surface area (TPSA) is 50.3 Å². The summed E-state index contributed by atoms with van der Waals surface area (Å²) in [6.45, 7) is 3.58. The molecular weight excluding hydrogens is 204 g/mol. The molecule has 0 aliphatic rings. The number of hydrogen-bond acceptors (Lipinski definition) is 5. The Morgan fingerprint density at radius 3 is 2.69 bits per heavy atom. The van der Waals surface area contributed by atoms with E-state index in [1.807, 2.05) is 21.1 Å². The van der Waals surface area contributed by atoms with Gasteiger partial charge in [-0.25, -0.2) is 9.97 Å². The van der Waals surface area contributed by atoms with Gasteiger partial charge in [0.2, 0.25) is 5.88 Å². The second-order valence-electron chi connectivity index (χ2n) is 3.76. The van der Waals surface area contributed by atoms with Crippen molar-refractivity contribution < 1.29 is 4.74 Å². The third-order valence-electron chi connectivity index (χ3n) is 2.27. The van der Waals surface area contributed by atoms with Crippen molar-refractivity contribution in [2.75, 3.05) is 39.6 Å². The molecule has 0 unspecified atom stereocenters. The second kappa shape index (κ2) is 6.27. The lowest BCUT2D eigenvalue weighted by atomic mass is 10.2. The lowest BCUT2D eigenvalue weighted by Crippen LogP contribution is -2.20. The van der Waals surface area contributed by atoms with Crippen molar-refractivity contribution in [3.05, 3.63) is 11.9 Å². The molecule has 1 rings (SSSR count). The summed E-state index contributed by atoms with van der Waals surface area (Å²) >= 11 is 0. The zero-order chi connectivity index (χ0) is 12.0. The smallest absolute Gasteiger partial charge is 0.221 e. The number of nitrogens with one attached hydrogen (secondary N) is 1. The average Bonchev–Trinajstić information content (AvgIpc) is 2.28. The van der Waals surface area contributed by atoms with E-state index in [9.17, 15) is 0 Å². The van der Waals surface area contributed by atoms with Gasteiger partial charge in [0, 0.05) is 13.6 Å². The first kappa shape index (κ1) is 12.7. The molecule has 1 heterocycles. The van der Waals surface area contributed by atoms with E-state index >= 15 is 0 Å². The molecule has 0 fully saturated rings. The monoisotopic (exact) mass is 224 g/mol. The van der Waals surface area contributed by atoms with E-state index in [1.165, 1.54) is 6.33 Å². The van der Waals surface area contributed by atoms with Crippen LogP contribution in [0, 0.1) is 0 Å². The minimum absolute atomic E-state index is 0.639. The summed E-state index contributed by atoms with van der Waals surface area (Å²) in [5.74, 6) is 1.53. The van der Waals surface area contributed by atoms with Crippen LogP contribution >= 0.6 is 0 Å². The van der Waals surface area contributed by atoms with E-state index in [1.54, 1.807) is 0 Å². The van der Waals surface area contributed by atoms with Crippen molar-refractivity contribution in [2.45, 2.75) is 13.3 Å². The quantitative estimate of drug-likeness (QED) is 0.782. The fourth-order valence-corrected chi connectivity index (χ4v) is 1.38. The number of hydrogen-bond donors (Lipinski definition) is 1. The maximum Gasteiger partial charge on any atom is 0.221 e. The second-order valence-corrected chi connectivity index (χ2v) is 3.76. The Labute approximate surface area is 96.8 Å². The average molecular weight is 224 g/mol. The first-order valence-corrected chi connectivity index (χ1v) is 5.48. The van der Waals surface area contributed by atoms with E-state index in [0.29, 0.717) is 12.5 Å². The van der Waals surface area contributed by atoms with E-state index in [2.05, 4.69) is 27.1 Å². The Kier molecular flexibility index (Phi) is 4.98. The summed E-state index contributed by atoms with van der Waals surface area (Å²) in [5.41, 5.74) is 1.03. The molecule has 90 valence electrons. The molecule has 0 bridgehead atoms. The Bertz CT molecular complexity index is 328. The van der Waals surface area contributed by atoms with E-state index in [-0.39, 0.29) is 0 Å². The van der Waals surface area contributed by atoms with Crippen molar-refractivity contribution >= 4 is 5.82 Å². The van der Waals surface area contributed by atoms with Crippen LogP contribution in [0.1, 0.15) is 12.5 Å². The zero-order valence-electron chi connectivity index (χ0n) is 10.4. The van der Waals surface area contributed by atoms with Gasteiger partial charge in [0.15, 0.2) is 0 Å². The molecule has 16 heavy (non-hydrogen) atoms. The summed E-state index contributed by atoms with van der Waals surface area (Å²) in [5, 5.41) is 3.04.